The average Bonchev–Trinajstić information content (AvgIpc) is 2.42. The molecule has 0 amide bonds. The van der Waals surface area contributed by atoms with Crippen molar-refractivity contribution >= 4 is 12.4 Å². The number of halogens is 3. The molecule has 112 valence electrons. The molecule has 1 heterocycles. The molecule has 1 aliphatic heterocycles. The molecule has 0 saturated carbocycles. The highest BCUT2D eigenvalue weighted by atomic mass is 35.5. The maximum absolute atomic E-state index is 12.4. The third-order valence-electron chi connectivity index (χ3n) is 3.22. The third kappa shape index (κ3) is 4.16. The monoisotopic (exact) mass is 304 g/mol. The van der Waals surface area contributed by atoms with Crippen molar-refractivity contribution in [1.82, 2.24) is 10.2 Å². The number of ether oxygens (including phenoxy) is 1. The van der Waals surface area contributed by atoms with E-state index in [-0.39, 0.29) is 24.2 Å². The second-order valence-corrected chi connectivity index (χ2v) is 4.38. The van der Waals surface area contributed by atoms with Crippen molar-refractivity contribution in [3.63, 3.8) is 0 Å². The molecule has 1 N–H and O–H groups in total. The van der Waals surface area contributed by atoms with Gasteiger partial charge in [0.05, 0.1) is 6.04 Å². The minimum Gasteiger partial charge on any atom is -0.434 e. The number of hydrogen-bond acceptors (Lipinski definition) is 3. The minimum absolute atomic E-state index is 0. The highest BCUT2D eigenvalue weighted by Gasteiger charge is 2.23. The van der Waals surface area contributed by atoms with Crippen molar-refractivity contribution in [2.45, 2.75) is 12.7 Å². The lowest BCUT2D eigenvalue weighted by atomic mass is 10.0. The Morgan fingerprint density at radius 2 is 1.90 bits per heavy atom. The van der Waals surface area contributed by atoms with Crippen molar-refractivity contribution in [2.75, 3.05) is 26.2 Å². The van der Waals surface area contributed by atoms with Crippen LogP contribution in [0.2, 0.25) is 0 Å². The number of para-hydroxylation sites is 1. The van der Waals surface area contributed by atoms with E-state index in [0.717, 1.165) is 31.7 Å². The van der Waals surface area contributed by atoms with Crippen molar-refractivity contribution in [2.24, 2.45) is 0 Å². The zero-order chi connectivity index (χ0) is 13.7. The van der Waals surface area contributed by atoms with Crippen LogP contribution in [-0.4, -0.2) is 37.7 Å². The zero-order valence-corrected chi connectivity index (χ0v) is 11.9. The molecular formula is C14H19ClF2N2O. The third-order valence-corrected chi connectivity index (χ3v) is 3.22. The Labute approximate surface area is 124 Å². The number of alkyl halides is 2. The van der Waals surface area contributed by atoms with Gasteiger partial charge < -0.3 is 10.1 Å². The summed E-state index contributed by atoms with van der Waals surface area (Å²) in [4.78, 5) is 2.21. The van der Waals surface area contributed by atoms with Gasteiger partial charge in [0.15, 0.2) is 0 Å². The molecule has 1 atom stereocenters. The van der Waals surface area contributed by atoms with E-state index in [0.29, 0.717) is 0 Å². The number of nitrogens with one attached hydrogen (secondary N) is 1. The Hall–Kier alpha value is -1.17. The van der Waals surface area contributed by atoms with Crippen molar-refractivity contribution < 1.29 is 13.5 Å². The first-order valence-corrected chi connectivity index (χ1v) is 6.33. The van der Waals surface area contributed by atoms with Crippen LogP contribution in [0.4, 0.5) is 8.78 Å². The van der Waals surface area contributed by atoms with E-state index in [1.165, 1.54) is 0 Å². The fraction of sp³-hybridized carbons (Fsp3) is 0.429. The molecule has 0 aliphatic carbocycles. The lowest BCUT2D eigenvalue weighted by Crippen LogP contribution is -2.44. The molecule has 6 heteroatoms. The highest BCUT2D eigenvalue weighted by Crippen LogP contribution is 2.31. The predicted molar refractivity (Wildman–Crippen MR) is 77.7 cm³/mol. The summed E-state index contributed by atoms with van der Waals surface area (Å²) in [5.41, 5.74) is 0.736. The average molecular weight is 305 g/mol. The van der Waals surface area contributed by atoms with E-state index in [1.807, 2.05) is 12.1 Å². The number of nitrogens with zero attached hydrogens (tertiary/aromatic N) is 1. The Morgan fingerprint density at radius 1 is 1.25 bits per heavy atom. The number of rotatable bonds is 5. The van der Waals surface area contributed by atoms with Gasteiger partial charge in [-0.15, -0.1) is 19.0 Å². The minimum atomic E-state index is -2.81. The molecule has 20 heavy (non-hydrogen) atoms. The lowest BCUT2D eigenvalue weighted by Gasteiger charge is -2.34. The first-order chi connectivity index (χ1) is 9.22. The van der Waals surface area contributed by atoms with Gasteiger partial charge in [-0.2, -0.15) is 8.78 Å². The first-order valence-electron chi connectivity index (χ1n) is 6.33. The van der Waals surface area contributed by atoms with E-state index in [2.05, 4.69) is 21.5 Å². The van der Waals surface area contributed by atoms with Gasteiger partial charge in [0.2, 0.25) is 0 Å². The van der Waals surface area contributed by atoms with Crippen molar-refractivity contribution in [1.29, 1.82) is 0 Å². The van der Waals surface area contributed by atoms with Gasteiger partial charge in [-0.3, -0.25) is 4.90 Å². The molecular weight excluding hydrogens is 286 g/mol. The van der Waals surface area contributed by atoms with Gasteiger partial charge in [0, 0.05) is 31.7 Å². The summed E-state index contributed by atoms with van der Waals surface area (Å²) in [7, 11) is 0. The van der Waals surface area contributed by atoms with Crippen LogP contribution < -0.4 is 10.1 Å². The molecule has 1 aliphatic rings. The van der Waals surface area contributed by atoms with E-state index < -0.39 is 6.61 Å². The van der Waals surface area contributed by atoms with E-state index in [1.54, 1.807) is 18.2 Å². The molecule has 0 unspecified atom stereocenters. The summed E-state index contributed by atoms with van der Waals surface area (Å²) in [5, 5.41) is 3.26. The standard InChI is InChI=1S/C14H18F2N2O.ClH/c1-2-12(18-9-7-17-8-10-18)11-5-3-4-6-13(11)19-14(15)16;/h2-6,12,14,17H,1,7-10H2;1H/t12-;/m0./s1. The molecule has 2 rings (SSSR count). The van der Waals surface area contributed by atoms with Gasteiger partial charge in [0.25, 0.3) is 0 Å². The van der Waals surface area contributed by atoms with Crippen LogP contribution in [0.1, 0.15) is 11.6 Å². The summed E-state index contributed by atoms with van der Waals surface area (Å²) in [5.74, 6) is 0.223. The molecule has 3 nitrogen and oxygen atoms in total. The van der Waals surface area contributed by atoms with Gasteiger partial charge in [-0.05, 0) is 6.07 Å². The van der Waals surface area contributed by atoms with Gasteiger partial charge >= 0.3 is 6.61 Å². The van der Waals surface area contributed by atoms with Crippen LogP contribution in [0.15, 0.2) is 36.9 Å². The Morgan fingerprint density at radius 3 is 2.50 bits per heavy atom. The molecule has 0 aromatic heterocycles. The molecule has 1 aromatic carbocycles. The summed E-state index contributed by atoms with van der Waals surface area (Å²) < 4.78 is 29.5. The second-order valence-electron chi connectivity index (χ2n) is 4.38. The maximum atomic E-state index is 12.4. The van der Waals surface area contributed by atoms with Crippen molar-refractivity contribution in [3.8, 4) is 5.75 Å². The molecule has 1 fully saturated rings. The van der Waals surface area contributed by atoms with Gasteiger partial charge in [-0.25, -0.2) is 0 Å². The Bertz CT molecular complexity index is 425. The fourth-order valence-corrected chi connectivity index (χ4v) is 2.36. The summed E-state index contributed by atoms with van der Waals surface area (Å²) in [6.45, 7) is 4.52. The number of hydrogen-bond donors (Lipinski definition) is 1. The van der Waals surface area contributed by atoms with E-state index >= 15 is 0 Å². The largest absolute Gasteiger partial charge is 0.434 e. The van der Waals surface area contributed by atoms with Crippen molar-refractivity contribution in [3.05, 3.63) is 42.5 Å². The molecule has 0 spiro atoms. The highest BCUT2D eigenvalue weighted by molar-refractivity contribution is 5.85. The smallest absolute Gasteiger partial charge is 0.387 e. The Balaban J connectivity index is 0.00000200. The molecule has 0 bridgehead atoms. The quantitative estimate of drug-likeness (QED) is 0.847. The lowest BCUT2D eigenvalue weighted by molar-refractivity contribution is -0.0510. The summed E-state index contributed by atoms with van der Waals surface area (Å²) in [6.07, 6.45) is 1.78. The number of benzene rings is 1. The van der Waals surface area contributed by atoms with E-state index in [4.69, 9.17) is 0 Å². The summed E-state index contributed by atoms with van der Waals surface area (Å²) in [6, 6.07) is 6.80. The van der Waals surface area contributed by atoms with Crippen LogP contribution in [0.3, 0.4) is 0 Å². The fourth-order valence-electron chi connectivity index (χ4n) is 2.36. The van der Waals surface area contributed by atoms with Gasteiger partial charge in [0.1, 0.15) is 5.75 Å². The molecule has 0 radical (unpaired) electrons. The Kier molecular flexibility index (Phi) is 6.91. The summed E-state index contributed by atoms with van der Waals surface area (Å²) >= 11 is 0. The van der Waals surface area contributed by atoms with Crippen LogP contribution in [0, 0.1) is 0 Å². The second kappa shape index (κ2) is 8.19. The number of piperazine rings is 1. The SMILES string of the molecule is C=C[C@@H](c1ccccc1OC(F)F)N1CCNCC1.Cl. The zero-order valence-electron chi connectivity index (χ0n) is 11.1. The molecule has 1 saturated heterocycles. The first kappa shape index (κ1) is 16.9. The van der Waals surface area contributed by atoms with Gasteiger partial charge in [-0.1, -0.05) is 24.3 Å². The predicted octanol–water partition coefficient (Wildman–Crippen LogP) is 2.84. The van der Waals surface area contributed by atoms with Crippen LogP contribution >= 0.6 is 12.4 Å². The normalized spacial score (nSPS) is 17.4. The van der Waals surface area contributed by atoms with E-state index in [9.17, 15) is 8.78 Å². The van der Waals surface area contributed by atoms with Crippen LogP contribution in [0.25, 0.3) is 0 Å². The maximum Gasteiger partial charge on any atom is 0.387 e. The van der Waals surface area contributed by atoms with Crippen LogP contribution in [-0.2, 0) is 0 Å². The topological polar surface area (TPSA) is 24.5 Å². The molecule has 1 aromatic rings. The van der Waals surface area contributed by atoms with Crippen LogP contribution in [0.5, 0.6) is 5.75 Å².